The summed E-state index contributed by atoms with van der Waals surface area (Å²) in [6.07, 6.45) is 2.23. The molecule has 0 atom stereocenters. The van der Waals surface area contributed by atoms with Crippen molar-refractivity contribution < 1.29 is 9.53 Å². The van der Waals surface area contributed by atoms with Crippen molar-refractivity contribution >= 4 is 5.91 Å². The molecule has 1 heterocycles. The minimum absolute atomic E-state index is 0.104. The monoisotopic (exact) mass is 251 g/mol. The van der Waals surface area contributed by atoms with Crippen molar-refractivity contribution in [3.05, 3.63) is 0 Å². The van der Waals surface area contributed by atoms with Gasteiger partial charge in [0.05, 0.1) is 6.10 Å². The van der Waals surface area contributed by atoms with Gasteiger partial charge in [0.2, 0.25) is 5.91 Å². The highest BCUT2D eigenvalue weighted by molar-refractivity contribution is 5.78. The molecule has 0 aromatic rings. The van der Waals surface area contributed by atoms with Crippen molar-refractivity contribution in [2.24, 2.45) is 11.8 Å². The highest BCUT2D eigenvalue weighted by Crippen LogP contribution is 2.17. The van der Waals surface area contributed by atoms with Gasteiger partial charge in [0.1, 0.15) is 6.61 Å². The number of rotatable bonds is 3. The molecule has 0 bridgehead atoms. The van der Waals surface area contributed by atoms with Gasteiger partial charge in [0.15, 0.2) is 0 Å². The summed E-state index contributed by atoms with van der Waals surface area (Å²) in [6.45, 7) is 10.1. The fourth-order valence-electron chi connectivity index (χ4n) is 2.00. The van der Waals surface area contributed by atoms with Crippen LogP contribution in [0.2, 0.25) is 0 Å². The number of nitrogens with zero attached hydrogens (tertiary/aromatic N) is 1. The second-order valence-electron chi connectivity index (χ2n) is 5.44. The number of piperidine rings is 1. The second-order valence-corrected chi connectivity index (χ2v) is 5.44. The molecular formula is C15H25NO2. The van der Waals surface area contributed by atoms with Crippen LogP contribution in [0, 0.1) is 23.7 Å². The molecule has 1 aliphatic heterocycles. The highest BCUT2D eigenvalue weighted by atomic mass is 16.5. The molecule has 0 saturated carbocycles. The van der Waals surface area contributed by atoms with Gasteiger partial charge in [-0.05, 0) is 26.7 Å². The first-order valence-electron chi connectivity index (χ1n) is 6.89. The summed E-state index contributed by atoms with van der Waals surface area (Å²) in [5.74, 6) is 7.13. The molecule has 1 amide bonds. The van der Waals surface area contributed by atoms with E-state index in [2.05, 4.69) is 11.8 Å². The third kappa shape index (κ3) is 5.10. The quantitative estimate of drug-likeness (QED) is 0.720. The molecule has 0 radical (unpaired) electrons. The zero-order valence-electron chi connectivity index (χ0n) is 12.0. The Labute approximate surface area is 111 Å². The zero-order chi connectivity index (χ0) is 13.5. The molecule has 0 unspecified atom stereocenters. The fourth-order valence-corrected chi connectivity index (χ4v) is 2.00. The fraction of sp³-hybridized carbons (Fsp3) is 0.800. The molecule has 0 aliphatic carbocycles. The Morgan fingerprint density at radius 2 is 1.89 bits per heavy atom. The number of carbonyl (C=O) groups is 1. The van der Waals surface area contributed by atoms with E-state index in [4.69, 9.17) is 4.74 Å². The van der Waals surface area contributed by atoms with E-state index in [0.717, 1.165) is 25.9 Å². The largest absolute Gasteiger partial charge is 0.366 e. The highest BCUT2D eigenvalue weighted by Gasteiger charge is 2.22. The van der Waals surface area contributed by atoms with Gasteiger partial charge in [-0.15, -0.1) is 0 Å². The number of carbonyl (C=O) groups excluding carboxylic acids is 1. The summed E-state index contributed by atoms with van der Waals surface area (Å²) in [5.41, 5.74) is 0. The molecule has 1 rings (SSSR count). The van der Waals surface area contributed by atoms with E-state index in [9.17, 15) is 4.79 Å². The van der Waals surface area contributed by atoms with Crippen molar-refractivity contribution in [3.63, 3.8) is 0 Å². The summed E-state index contributed by atoms with van der Waals surface area (Å²) in [7, 11) is 0. The van der Waals surface area contributed by atoms with E-state index in [1.54, 1.807) is 0 Å². The second kappa shape index (κ2) is 7.43. The maximum Gasteiger partial charge on any atom is 0.225 e. The molecule has 18 heavy (non-hydrogen) atoms. The molecule has 1 fully saturated rings. The summed E-state index contributed by atoms with van der Waals surface area (Å²) in [4.78, 5) is 13.8. The van der Waals surface area contributed by atoms with Crippen LogP contribution < -0.4 is 0 Å². The molecule has 0 aromatic carbocycles. The number of ether oxygens (including phenoxy) is 1. The molecule has 3 nitrogen and oxygen atoms in total. The van der Waals surface area contributed by atoms with Crippen LogP contribution in [0.3, 0.4) is 0 Å². The molecule has 1 saturated heterocycles. The van der Waals surface area contributed by atoms with Gasteiger partial charge in [0.25, 0.3) is 0 Å². The smallest absolute Gasteiger partial charge is 0.225 e. The maximum atomic E-state index is 11.8. The Morgan fingerprint density at radius 3 is 2.39 bits per heavy atom. The van der Waals surface area contributed by atoms with Gasteiger partial charge in [-0.1, -0.05) is 25.7 Å². The van der Waals surface area contributed by atoms with E-state index in [1.807, 2.05) is 32.6 Å². The van der Waals surface area contributed by atoms with Gasteiger partial charge in [0, 0.05) is 24.9 Å². The van der Waals surface area contributed by atoms with Crippen LogP contribution in [0.25, 0.3) is 0 Å². The SMILES string of the molecule is CC(C)OCC#CC1CCN(C(=O)C(C)C)CC1. The van der Waals surface area contributed by atoms with E-state index >= 15 is 0 Å². The van der Waals surface area contributed by atoms with E-state index < -0.39 is 0 Å². The Hall–Kier alpha value is -1.01. The van der Waals surface area contributed by atoms with Gasteiger partial charge in [-0.2, -0.15) is 0 Å². The van der Waals surface area contributed by atoms with Crippen LogP contribution in [0.5, 0.6) is 0 Å². The molecule has 0 N–H and O–H groups in total. The van der Waals surface area contributed by atoms with E-state index in [-0.39, 0.29) is 17.9 Å². The van der Waals surface area contributed by atoms with Crippen molar-refractivity contribution in [2.45, 2.75) is 46.6 Å². The van der Waals surface area contributed by atoms with Gasteiger partial charge in [-0.3, -0.25) is 4.79 Å². The lowest BCUT2D eigenvalue weighted by Gasteiger charge is -2.31. The first kappa shape index (κ1) is 15.0. The Balaban J connectivity index is 2.29. The van der Waals surface area contributed by atoms with Crippen molar-refractivity contribution in [1.82, 2.24) is 4.90 Å². The number of hydrogen-bond donors (Lipinski definition) is 0. The van der Waals surface area contributed by atoms with E-state index in [0.29, 0.717) is 12.5 Å². The molecular weight excluding hydrogens is 226 g/mol. The van der Waals surface area contributed by atoms with Crippen molar-refractivity contribution in [1.29, 1.82) is 0 Å². The summed E-state index contributed by atoms with van der Waals surface area (Å²) in [6, 6.07) is 0. The van der Waals surface area contributed by atoms with Crippen LogP contribution >= 0.6 is 0 Å². The van der Waals surface area contributed by atoms with Crippen LogP contribution in [0.4, 0.5) is 0 Å². The number of amides is 1. The average molecular weight is 251 g/mol. The third-order valence-corrected chi connectivity index (χ3v) is 3.10. The summed E-state index contributed by atoms with van der Waals surface area (Å²) >= 11 is 0. The lowest BCUT2D eigenvalue weighted by molar-refractivity contribution is -0.135. The van der Waals surface area contributed by atoms with Crippen LogP contribution in [0.1, 0.15) is 40.5 Å². The van der Waals surface area contributed by atoms with Crippen molar-refractivity contribution in [3.8, 4) is 11.8 Å². The maximum absolute atomic E-state index is 11.8. The molecule has 102 valence electrons. The van der Waals surface area contributed by atoms with Gasteiger partial charge < -0.3 is 9.64 Å². The Bertz CT molecular complexity index is 317. The minimum Gasteiger partial charge on any atom is -0.366 e. The Kier molecular flexibility index (Phi) is 6.21. The molecule has 1 aliphatic rings. The average Bonchev–Trinajstić information content (AvgIpc) is 2.34. The topological polar surface area (TPSA) is 29.5 Å². The zero-order valence-corrected chi connectivity index (χ0v) is 12.0. The predicted molar refractivity (Wildman–Crippen MR) is 73.0 cm³/mol. The minimum atomic E-state index is 0.104. The lowest BCUT2D eigenvalue weighted by Crippen LogP contribution is -2.40. The van der Waals surface area contributed by atoms with Crippen LogP contribution in [-0.4, -0.2) is 36.6 Å². The Morgan fingerprint density at radius 1 is 1.28 bits per heavy atom. The van der Waals surface area contributed by atoms with Crippen LogP contribution in [0.15, 0.2) is 0 Å². The molecule has 0 aromatic heterocycles. The normalized spacial score (nSPS) is 16.9. The third-order valence-electron chi connectivity index (χ3n) is 3.10. The first-order valence-corrected chi connectivity index (χ1v) is 6.89. The number of hydrogen-bond acceptors (Lipinski definition) is 2. The predicted octanol–water partition coefficient (Wildman–Crippen LogP) is 2.31. The first-order chi connectivity index (χ1) is 8.50. The van der Waals surface area contributed by atoms with Gasteiger partial charge in [-0.25, -0.2) is 0 Å². The molecule has 0 spiro atoms. The summed E-state index contributed by atoms with van der Waals surface area (Å²) < 4.78 is 5.39. The van der Waals surface area contributed by atoms with Gasteiger partial charge >= 0.3 is 0 Å². The van der Waals surface area contributed by atoms with Crippen molar-refractivity contribution in [2.75, 3.05) is 19.7 Å². The standard InChI is InChI=1S/C15H25NO2/c1-12(2)15(17)16-9-7-14(8-10-16)6-5-11-18-13(3)4/h12-14H,7-11H2,1-4H3. The van der Waals surface area contributed by atoms with E-state index in [1.165, 1.54) is 0 Å². The molecule has 3 heteroatoms. The van der Waals surface area contributed by atoms with Crippen LogP contribution in [-0.2, 0) is 9.53 Å². The summed E-state index contributed by atoms with van der Waals surface area (Å²) in [5, 5.41) is 0. The lowest BCUT2D eigenvalue weighted by atomic mass is 9.96. The number of likely N-dealkylation sites (tertiary alicyclic amines) is 1.